The fourth-order valence-corrected chi connectivity index (χ4v) is 2.13. The summed E-state index contributed by atoms with van der Waals surface area (Å²) < 4.78 is 0. The van der Waals surface area contributed by atoms with Crippen molar-refractivity contribution < 1.29 is 5.11 Å². The van der Waals surface area contributed by atoms with Gasteiger partial charge in [-0.1, -0.05) is 12.1 Å². The zero-order valence-corrected chi connectivity index (χ0v) is 11.3. The van der Waals surface area contributed by atoms with Crippen molar-refractivity contribution in [2.24, 2.45) is 0 Å². The van der Waals surface area contributed by atoms with Gasteiger partial charge in [-0.2, -0.15) is 11.8 Å². The molecule has 0 amide bonds. The largest absolute Gasteiger partial charge is 0.508 e. The second-order valence-corrected chi connectivity index (χ2v) is 5.99. The predicted octanol–water partition coefficient (Wildman–Crippen LogP) is 3.18. The first-order valence-corrected chi connectivity index (χ1v) is 6.78. The van der Waals surface area contributed by atoms with Crippen LogP contribution in [0.15, 0.2) is 24.3 Å². The van der Waals surface area contributed by atoms with Gasteiger partial charge in [0.2, 0.25) is 0 Å². The second kappa shape index (κ2) is 5.60. The number of hydrogen-bond donors (Lipinski definition) is 2. The molecule has 16 heavy (non-hydrogen) atoms. The third-order valence-corrected chi connectivity index (χ3v) is 3.35. The Hall–Kier alpha value is -0.670. The van der Waals surface area contributed by atoms with Crippen molar-refractivity contribution in [1.29, 1.82) is 0 Å². The molecule has 1 aromatic carbocycles. The lowest BCUT2D eigenvalue weighted by Crippen LogP contribution is -2.38. The minimum absolute atomic E-state index is 0.130. The van der Waals surface area contributed by atoms with Gasteiger partial charge in [0, 0.05) is 17.3 Å². The monoisotopic (exact) mass is 239 g/mol. The maximum absolute atomic E-state index is 9.46. The number of aromatic hydroxyl groups is 1. The highest BCUT2D eigenvalue weighted by Crippen LogP contribution is 2.28. The van der Waals surface area contributed by atoms with Crippen LogP contribution in [0.3, 0.4) is 0 Å². The van der Waals surface area contributed by atoms with E-state index in [0.29, 0.717) is 11.0 Å². The minimum atomic E-state index is 0.130. The molecular formula is C13H21NOS. The van der Waals surface area contributed by atoms with Crippen LogP contribution in [0.5, 0.6) is 5.75 Å². The van der Waals surface area contributed by atoms with E-state index in [2.05, 4.69) is 38.4 Å². The SMILES string of the molecule is CSC(CNC(C)(C)C)c1cccc(O)c1. The van der Waals surface area contributed by atoms with Crippen molar-refractivity contribution in [3.05, 3.63) is 29.8 Å². The molecule has 0 bridgehead atoms. The van der Waals surface area contributed by atoms with Crippen molar-refractivity contribution in [2.75, 3.05) is 12.8 Å². The maximum atomic E-state index is 9.46. The Bertz CT molecular complexity index is 333. The zero-order chi connectivity index (χ0) is 12.2. The molecule has 2 N–H and O–H groups in total. The molecule has 0 aliphatic carbocycles. The fraction of sp³-hybridized carbons (Fsp3) is 0.538. The highest BCUT2D eigenvalue weighted by Gasteiger charge is 2.15. The Balaban J connectivity index is 2.68. The van der Waals surface area contributed by atoms with Crippen molar-refractivity contribution in [3.63, 3.8) is 0 Å². The molecule has 0 saturated heterocycles. The van der Waals surface area contributed by atoms with Gasteiger partial charge in [0.1, 0.15) is 5.75 Å². The topological polar surface area (TPSA) is 32.3 Å². The quantitative estimate of drug-likeness (QED) is 0.846. The summed E-state index contributed by atoms with van der Waals surface area (Å²) in [5, 5.41) is 13.3. The van der Waals surface area contributed by atoms with Crippen LogP contribution < -0.4 is 5.32 Å². The van der Waals surface area contributed by atoms with E-state index in [9.17, 15) is 5.11 Å². The lowest BCUT2D eigenvalue weighted by molar-refractivity contribution is 0.427. The molecule has 0 radical (unpaired) electrons. The molecule has 90 valence electrons. The standard InChI is InChI=1S/C13H21NOS/c1-13(2,3)14-9-12(16-4)10-6-5-7-11(15)8-10/h5-8,12,14-15H,9H2,1-4H3. The Morgan fingerprint density at radius 1 is 1.38 bits per heavy atom. The third kappa shape index (κ3) is 4.45. The van der Waals surface area contributed by atoms with E-state index in [1.807, 2.05) is 12.1 Å². The van der Waals surface area contributed by atoms with E-state index in [-0.39, 0.29) is 5.54 Å². The molecule has 0 aromatic heterocycles. The molecule has 0 aliphatic heterocycles. The number of rotatable bonds is 4. The van der Waals surface area contributed by atoms with E-state index in [4.69, 9.17) is 0 Å². The van der Waals surface area contributed by atoms with Gasteiger partial charge in [-0.05, 0) is 44.7 Å². The van der Waals surface area contributed by atoms with Gasteiger partial charge in [0.25, 0.3) is 0 Å². The van der Waals surface area contributed by atoms with Crippen LogP contribution in [0.2, 0.25) is 0 Å². The molecule has 1 aromatic rings. The van der Waals surface area contributed by atoms with Crippen LogP contribution in [-0.4, -0.2) is 23.4 Å². The number of phenolic OH excluding ortho intramolecular Hbond substituents is 1. The Morgan fingerprint density at radius 2 is 2.06 bits per heavy atom. The van der Waals surface area contributed by atoms with E-state index in [1.54, 1.807) is 17.8 Å². The first-order valence-electron chi connectivity index (χ1n) is 5.49. The molecular weight excluding hydrogens is 218 g/mol. The highest BCUT2D eigenvalue weighted by atomic mass is 32.2. The van der Waals surface area contributed by atoms with Crippen molar-refractivity contribution >= 4 is 11.8 Å². The van der Waals surface area contributed by atoms with Gasteiger partial charge < -0.3 is 10.4 Å². The number of nitrogens with one attached hydrogen (secondary N) is 1. The van der Waals surface area contributed by atoms with Gasteiger partial charge in [-0.25, -0.2) is 0 Å². The molecule has 0 fully saturated rings. The summed E-state index contributed by atoms with van der Waals surface area (Å²) in [4.78, 5) is 0. The Morgan fingerprint density at radius 3 is 2.56 bits per heavy atom. The normalized spacial score (nSPS) is 13.8. The van der Waals surface area contributed by atoms with Gasteiger partial charge in [-0.3, -0.25) is 0 Å². The molecule has 1 rings (SSSR count). The molecule has 0 spiro atoms. The van der Waals surface area contributed by atoms with Crippen LogP contribution in [0, 0.1) is 0 Å². The first-order chi connectivity index (χ1) is 7.42. The van der Waals surface area contributed by atoms with Crippen molar-refractivity contribution in [2.45, 2.75) is 31.6 Å². The number of phenols is 1. The molecule has 0 saturated carbocycles. The van der Waals surface area contributed by atoms with E-state index in [0.717, 1.165) is 6.54 Å². The second-order valence-electron chi connectivity index (χ2n) is 4.95. The molecule has 3 heteroatoms. The molecule has 1 unspecified atom stereocenters. The molecule has 0 aliphatic rings. The zero-order valence-electron chi connectivity index (χ0n) is 10.4. The lowest BCUT2D eigenvalue weighted by atomic mass is 10.1. The van der Waals surface area contributed by atoms with Crippen LogP contribution in [0.1, 0.15) is 31.6 Å². The summed E-state index contributed by atoms with van der Waals surface area (Å²) in [6.07, 6.45) is 2.10. The first kappa shape index (κ1) is 13.4. The molecule has 1 atom stereocenters. The van der Waals surface area contributed by atoms with Gasteiger partial charge in [0.05, 0.1) is 0 Å². The van der Waals surface area contributed by atoms with Crippen LogP contribution in [0.25, 0.3) is 0 Å². The summed E-state index contributed by atoms with van der Waals surface area (Å²) in [6, 6.07) is 7.50. The van der Waals surface area contributed by atoms with Gasteiger partial charge in [-0.15, -0.1) is 0 Å². The van der Waals surface area contributed by atoms with Gasteiger partial charge in [0.15, 0.2) is 0 Å². The van der Waals surface area contributed by atoms with Crippen LogP contribution in [0.4, 0.5) is 0 Å². The minimum Gasteiger partial charge on any atom is -0.508 e. The third-order valence-electron chi connectivity index (χ3n) is 2.34. The fourth-order valence-electron chi connectivity index (χ4n) is 1.46. The van der Waals surface area contributed by atoms with Crippen molar-refractivity contribution in [1.82, 2.24) is 5.32 Å². The van der Waals surface area contributed by atoms with E-state index >= 15 is 0 Å². The number of hydrogen-bond acceptors (Lipinski definition) is 3. The summed E-state index contributed by atoms with van der Waals surface area (Å²) in [7, 11) is 0. The Labute approximate surface area is 102 Å². The molecule has 2 nitrogen and oxygen atoms in total. The van der Waals surface area contributed by atoms with Gasteiger partial charge >= 0.3 is 0 Å². The predicted molar refractivity (Wildman–Crippen MR) is 72.1 cm³/mol. The molecule has 0 heterocycles. The van der Waals surface area contributed by atoms with E-state index < -0.39 is 0 Å². The van der Waals surface area contributed by atoms with Crippen LogP contribution >= 0.6 is 11.8 Å². The maximum Gasteiger partial charge on any atom is 0.115 e. The summed E-state index contributed by atoms with van der Waals surface area (Å²) >= 11 is 1.80. The smallest absolute Gasteiger partial charge is 0.115 e. The summed E-state index contributed by atoms with van der Waals surface area (Å²) in [5.41, 5.74) is 1.30. The number of benzene rings is 1. The highest BCUT2D eigenvalue weighted by molar-refractivity contribution is 7.98. The van der Waals surface area contributed by atoms with Crippen molar-refractivity contribution in [3.8, 4) is 5.75 Å². The lowest BCUT2D eigenvalue weighted by Gasteiger charge is -2.24. The van der Waals surface area contributed by atoms with Crippen LogP contribution in [-0.2, 0) is 0 Å². The number of thioether (sulfide) groups is 1. The Kier molecular flexibility index (Phi) is 4.69. The summed E-state index contributed by atoms with van der Waals surface area (Å²) in [5.74, 6) is 0.340. The summed E-state index contributed by atoms with van der Waals surface area (Å²) in [6.45, 7) is 7.39. The van der Waals surface area contributed by atoms with E-state index in [1.165, 1.54) is 5.56 Å². The average Bonchev–Trinajstić information content (AvgIpc) is 2.17. The average molecular weight is 239 g/mol.